The smallest absolute Gasteiger partial charge is 0.314 e. The molecule has 0 heterocycles. The zero-order valence-corrected chi connectivity index (χ0v) is 3.30. The Morgan fingerprint density at radius 3 is 1.33 bits per heavy atom. The van der Waals surface area contributed by atoms with E-state index in [0.29, 0.717) is 0 Å². The summed E-state index contributed by atoms with van der Waals surface area (Å²) >= 11 is 0. The predicted molar refractivity (Wildman–Crippen MR) is 27.0 cm³/mol. The zero-order chi connectivity index (χ0) is 3.58. The van der Waals surface area contributed by atoms with Gasteiger partial charge in [-0.15, -0.1) is 0 Å². The molecular formula is H8AlO4P. The molecule has 0 amide bonds. The second kappa shape index (κ2) is 9.17. The zero-order valence-electron chi connectivity index (χ0n) is 2.30. The Hall–Kier alpha value is 0.642. The Balaban J connectivity index is -0.0000000450. The molecule has 0 aliphatic rings. The van der Waals surface area contributed by atoms with Gasteiger partial charge in [0.2, 0.25) is 0 Å². The highest BCUT2D eigenvalue weighted by Gasteiger charge is 1.61. The van der Waals surface area contributed by atoms with Crippen molar-refractivity contribution in [1.29, 1.82) is 0 Å². The van der Waals surface area contributed by atoms with Gasteiger partial charge in [-0.3, -0.25) is 4.57 Å². The highest BCUT2D eigenvalue weighted by Crippen LogP contribution is 1.98. The van der Waals surface area contributed by atoms with Gasteiger partial charge in [0.05, 0.1) is 0 Å². The first kappa shape index (κ1) is 15.9. The van der Waals surface area contributed by atoms with E-state index in [4.69, 9.17) is 14.4 Å². The molecule has 0 fully saturated rings. The predicted octanol–water partition coefficient (Wildman–Crippen LogP) is -2.65. The number of rotatable bonds is 0. The van der Waals surface area contributed by atoms with Gasteiger partial charge in [0, 0.05) is 0 Å². The van der Waals surface area contributed by atoms with Crippen LogP contribution in [0.15, 0.2) is 0 Å². The lowest BCUT2D eigenvalue weighted by molar-refractivity contribution is 0.405. The number of hydrogen-bond acceptors (Lipinski definition) is 1. The summed E-state index contributed by atoms with van der Waals surface area (Å²) in [5.41, 5.74) is 0. The largest absolute Gasteiger partial charge is 0.412 e. The summed E-state index contributed by atoms with van der Waals surface area (Å²) < 4.78 is 8.74. The minimum absolute atomic E-state index is 0. The number of hydrogen-bond donors (Lipinski definition) is 2. The van der Waals surface area contributed by atoms with Crippen molar-refractivity contribution in [2.75, 3.05) is 0 Å². The van der Waals surface area contributed by atoms with Crippen molar-refractivity contribution >= 4 is 25.6 Å². The van der Waals surface area contributed by atoms with E-state index in [-0.39, 0.29) is 22.8 Å². The Kier molecular flexibility index (Phi) is 24.4. The molecule has 0 spiro atoms. The van der Waals surface area contributed by atoms with Crippen LogP contribution in [-0.2, 0) is 4.57 Å². The van der Waals surface area contributed by atoms with Crippen LogP contribution in [-0.4, -0.2) is 32.6 Å². The van der Waals surface area contributed by atoms with Gasteiger partial charge in [0.25, 0.3) is 0 Å². The molecule has 40 valence electrons. The lowest BCUT2D eigenvalue weighted by Gasteiger charge is -1.61. The van der Waals surface area contributed by atoms with Gasteiger partial charge in [-0.25, -0.2) is 0 Å². The molecule has 0 radical (unpaired) electrons. The molecule has 0 saturated carbocycles. The summed E-state index contributed by atoms with van der Waals surface area (Å²) in [6, 6.07) is 0. The molecule has 0 rings (SSSR count). The molecule has 0 atom stereocenters. The third-order valence-corrected chi connectivity index (χ3v) is 0. The Labute approximate surface area is 46.2 Å². The fourth-order valence-electron chi connectivity index (χ4n) is 0. The van der Waals surface area contributed by atoms with Crippen LogP contribution in [0.2, 0.25) is 0 Å². The standard InChI is InChI=1S/Al.H3O3P.H2O.3H/c;1-4(2)3;;;;/h;4H,(H2,1,2,3);1H2;;;. The molecule has 0 aliphatic carbocycles. The quantitative estimate of drug-likeness (QED) is 0.277. The Morgan fingerprint density at radius 2 is 1.33 bits per heavy atom. The highest BCUT2D eigenvalue weighted by molar-refractivity contribution is 7.30. The Bertz CT molecular complexity index is 30.5. The van der Waals surface area contributed by atoms with Crippen LogP contribution < -0.4 is 0 Å². The van der Waals surface area contributed by atoms with Crippen molar-refractivity contribution in [2.24, 2.45) is 0 Å². The maximum absolute atomic E-state index is 8.74. The first-order valence-corrected chi connectivity index (χ1v) is 1.95. The fraction of sp³-hybridized carbons (Fsp3) is 0. The average Bonchev–Trinajstić information content (AvgIpc) is 0.811. The van der Waals surface area contributed by atoms with E-state index in [0.717, 1.165) is 0 Å². The SMILES string of the molecule is O.O=[PH](O)O.[AlH3]. The van der Waals surface area contributed by atoms with E-state index in [9.17, 15) is 0 Å². The van der Waals surface area contributed by atoms with Gasteiger partial charge in [-0.1, -0.05) is 0 Å². The van der Waals surface area contributed by atoms with Gasteiger partial charge >= 0.3 is 8.25 Å². The molecule has 0 aromatic rings. The molecule has 0 aliphatic heterocycles. The van der Waals surface area contributed by atoms with Crippen molar-refractivity contribution in [3.8, 4) is 0 Å². The second-order valence-electron chi connectivity index (χ2n) is 0.283. The van der Waals surface area contributed by atoms with Crippen LogP contribution in [0, 0.1) is 0 Å². The topological polar surface area (TPSA) is 89.0 Å². The van der Waals surface area contributed by atoms with Crippen molar-refractivity contribution in [3.63, 3.8) is 0 Å². The van der Waals surface area contributed by atoms with Gasteiger partial charge in [-0.05, 0) is 0 Å². The van der Waals surface area contributed by atoms with Crippen LogP contribution in [0.1, 0.15) is 0 Å². The minimum atomic E-state index is -3.13. The fourth-order valence-corrected chi connectivity index (χ4v) is 0. The van der Waals surface area contributed by atoms with Crippen molar-refractivity contribution in [2.45, 2.75) is 0 Å². The van der Waals surface area contributed by atoms with Gasteiger partial charge in [-0.2, -0.15) is 0 Å². The summed E-state index contributed by atoms with van der Waals surface area (Å²) in [4.78, 5) is 14.3. The molecule has 4 nitrogen and oxygen atoms in total. The molecule has 0 bridgehead atoms. The van der Waals surface area contributed by atoms with E-state index in [1.165, 1.54) is 0 Å². The molecule has 0 saturated heterocycles. The summed E-state index contributed by atoms with van der Waals surface area (Å²) in [6.07, 6.45) is 0. The van der Waals surface area contributed by atoms with Crippen LogP contribution in [0.4, 0.5) is 0 Å². The van der Waals surface area contributed by atoms with Crippen LogP contribution >= 0.6 is 8.25 Å². The van der Waals surface area contributed by atoms with E-state index in [1.807, 2.05) is 0 Å². The lowest BCUT2D eigenvalue weighted by atomic mass is 15.8. The van der Waals surface area contributed by atoms with Crippen molar-refractivity contribution < 1.29 is 19.8 Å². The van der Waals surface area contributed by atoms with Crippen LogP contribution in [0.3, 0.4) is 0 Å². The van der Waals surface area contributed by atoms with Crippen LogP contribution in [0.25, 0.3) is 0 Å². The average molecular weight is 130 g/mol. The van der Waals surface area contributed by atoms with Crippen molar-refractivity contribution in [3.05, 3.63) is 0 Å². The summed E-state index contributed by atoms with van der Waals surface area (Å²) in [5, 5.41) is 0. The first-order chi connectivity index (χ1) is 1.73. The molecular weight excluding hydrogens is 122 g/mol. The van der Waals surface area contributed by atoms with Gasteiger partial charge in [0.15, 0.2) is 17.4 Å². The third-order valence-electron chi connectivity index (χ3n) is 0. The summed E-state index contributed by atoms with van der Waals surface area (Å²) in [5.74, 6) is 0. The van der Waals surface area contributed by atoms with Gasteiger partial charge in [0.1, 0.15) is 0 Å². The molecule has 4 N–H and O–H groups in total. The molecule has 6 heteroatoms. The summed E-state index contributed by atoms with van der Waals surface area (Å²) in [7, 11) is -3.13. The minimum Gasteiger partial charge on any atom is -0.412 e. The lowest BCUT2D eigenvalue weighted by Crippen LogP contribution is -1.38. The van der Waals surface area contributed by atoms with E-state index >= 15 is 0 Å². The van der Waals surface area contributed by atoms with E-state index < -0.39 is 8.25 Å². The second-order valence-corrected chi connectivity index (χ2v) is 0.848. The first-order valence-electron chi connectivity index (χ1n) is 0.651. The normalized spacial score (nSPS) is 5.83. The monoisotopic (exact) mass is 130 g/mol. The third kappa shape index (κ3) is 149. The van der Waals surface area contributed by atoms with Crippen molar-refractivity contribution in [1.82, 2.24) is 0 Å². The Morgan fingerprint density at radius 1 is 1.33 bits per heavy atom. The maximum atomic E-state index is 8.74. The molecule has 0 aromatic carbocycles. The highest BCUT2D eigenvalue weighted by atomic mass is 31.1. The van der Waals surface area contributed by atoms with E-state index in [1.54, 1.807) is 0 Å². The van der Waals surface area contributed by atoms with Gasteiger partial charge < -0.3 is 15.3 Å². The van der Waals surface area contributed by atoms with Crippen LogP contribution in [0.5, 0.6) is 0 Å². The molecule has 6 heavy (non-hydrogen) atoms. The maximum Gasteiger partial charge on any atom is 0.314 e. The summed E-state index contributed by atoms with van der Waals surface area (Å²) in [6.45, 7) is 0. The molecule has 0 aromatic heterocycles. The van der Waals surface area contributed by atoms with E-state index in [2.05, 4.69) is 0 Å². The molecule has 0 unspecified atom stereocenters.